The Morgan fingerprint density at radius 1 is 0.667 bits per heavy atom. The Hall–Kier alpha value is -2.70. The third kappa shape index (κ3) is 2.11. The molecule has 5 aromatic rings. The van der Waals surface area contributed by atoms with Crippen LogP contribution in [0.15, 0.2) is 71.9 Å². The highest BCUT2D eigenvalue weighted by atomic mass is 32.1. The second-order valence-electron chi connectivity index (χ2n) is 5.36. The van der Waals surface area contributed by atoms with Gasteiger partial charge in [-0.2, -0.15) is 0 Å². The van der Waals surface area contributed by atoms with Crippen LogP contribution in [0.3, 0.4) is 0 Å². The van der Waals surface area contributed by atoms with Gasteiger partial charge in [-0.15, -0.1) is 9.13 Å². The van der Waals surface area contributed by atoms with Gasteiger partial charge in [0.05, 0.1) is 6.07 Å². The van der Waals surface area contributed by atoms with Crippen molar-refractivity contribution < 1.29 is 9.13 Å². The molecule has 4 heterocycles. The highest BCUT2D eigenvalue weighted by Gasteiger charge is 2.20. The summed E-state index contributed by atoms with van der Waals surface area (Å²) >= 11 is 3.30. The molecule has 24 heavy (non-hydrogen) atoms. The summed E-state index contributed by atoms with van der Waals surface area (Å²) in [5.41, 5.74) is 8.72. The maximum Gasteiger partial charge on any atom is 0.248 e. The minimum atomic E-state index is 1.04. The van der Waals surface area contributed by atoms with Crippen molar-refractivity contribution in [1.82, 2.24) is 9.97 Å². The molecule has 0 N–H and O–H groups in total. The SMILES string of the molecule is c1cc(-[n+]2csc3ncccc32)cc(-[n+]2csc3ncccc32)c1. The van der Waals surface area contributed by atoms with Crippen LogP contribution in [0.5, 0.6) is 0 Å². The summed E-state index contributed by atoms with van der Waals surface area (Å²) in [5.74, 6) is 0. The fraction of sp³-hybridized carbons (Fsp3) is 0. The molecule has 0 saturated heterocycles. The van der Waals surface area contributed by atoms with E-state index in [1.54, 1.807) is 22.7 Å². The van der Waals surface area contributed by atoms with Crippen LogP contribution < -0.4 is 9.13 Å². The average Bonchev–Trinajstić information content (AvgIpc) is 3.26. The van der Waals surface area contributed by atoms with Crippen LogP contribution in [0.2, 0.25) is 0 Å². The van der Waals surface area contributed by atoms with Crippen LogP contribution in [-0.4, -0.2) is 9.97 Å². The summed E-state index contributed by atoms with van der Waals surface area (Å²) in [6.07, 6.45) is 3.67. The van der Waals surface area contributed by atoms with Crippen molar-refractivity contribution in [2.24, 2.45) is 0 Å². The Bertz CT molecular complexity index is 1090. The topological polar surface area (TPSA) is 33.5 Å². The molecule has 0 amide bonds. The Morgan fingerprint density at radius 3 is 1.75 bits per heavy atom. The number of hydrogen-bond acceptors (Lipinski definition) is 4. The summed E-state index contributed by atoms with van der Waals surface area (Å²) < 4.78 is 4.37. The van der Waals surface area contributed by atoms with Gasteiger partial charge in [0.25, 0.3) is 0 Å². The van der Waals surface area contributed by atoms with Gasteiger partial charge in [-0.25, -0.2) is 9.97 Å². The molecule has 0 unspecified atom stereocenters. The van der Waals surface area contributed by atoms with Gasteiger partial charge >= 0.3 is 0 Å². The summed E-state index contributed by atoms with van der Waals surface area (Å²) in [5, 5.41) is 0. The number of hydrogen-bond donors (Lipinski definition) is 0. The predicted molar refractivity (Wildman–Crippen MR) is 95.9 cm³/mol. The molecule has 0 radical (unpaired) electrons. The Balaban J connectivity index is 1.69. The van der Waals surface area contributed by atoms with Gasteiger partial charge in [0.2, 0.25) is 33.4 Å². The minimum Gasteiger partial charge on any atom is -0.239 e. The van der Waals surface area contributed by atoms with Crippen molar-refractivity contribution in [2.75, 3.05) is 0 Å². The molecule has 0 aliphatic heterocycles. The minimum absolute atomic E-state index is 1.04. The van der Waals surface area contributed by atoms with E-state index >= 15 is 0 Å². The first-order chi connectivity index (χ1) is 11.9. The first-order valence-corrected chi connectivity index (χ1v) is 9.25. The highest BCUT2D eigenvalue weighted by molar-refractivity contribution is 7.16. The molecular weight excluding hydrogens is 336 g/mol. The van der Waals surface area contributed by atoms with Crippen LogP contribution >= 0.6 is 22.7 Å². The summed E-state index contributed by atoms with van der Waals surface area (Å²) in [6, 6.07) is 16.7. The molecule has 0 fully saturated rings. The monoisotopic (exact) mass is 348 g/mol. The second-order valence-corrected chi connectivity index (χ2v) is 7.03. The quantitative estimate of drug-likeness (QED) is 0.458. The molecule has 4 nitrogen and oxygen atoms in total. The first kappa shape index (κ1) is 13.7. The number of rotatable bonds is 2. The van der Waals surface area contributed by atoms with Gasteiger partial charge < -0.3 is 0 Å². The summed E-state index contributed by atoms with van der Waals surface area (Å²) in [6.45, 7) is 0. The van der Waals surface area contributed by atoms with E-state index in [9.17, 15) is 0 Å². The van der Waals surface area contributed by atoms with Crippen LogP contribution in [-0.2, 0) is 0 Å². The van der Waals surface area contributed by atoms with E-state index in [4.69, 9.17) is 0 Å². The van der Waals surface area contributed by atoms with Crippen molar-refractivity contribution in [2.45, 2.75) is 0 Å². The van der Waals surface area contributed by atoms with Crippen molar-refractivity contribution >= 4 is 43.4 Å². The lowest BCUT2D eigenvalue weighted by Crippen LogP contribution is -2.32. The van der Waals surface area contributed by atoms with Gasteiger partial charge in [-0.1, -0.05) is 0 Å². The van der Waals surface area contributed by atoms with Crippen molar-refractivity contribution in [1.29, 1.82) is 0 Å². The molecule has 0 atom stereocenters. The number of benzene rings is 1. The van der Waals surface area contributed by atoms with E-state index in [2.05, 4.69) is 66.5 Å². The van der Waals surface area contributed by atoms with E-state index in [0.29, 0.717) is 0 Å². The van der Waals surface area contributed by atoms with Crippen LogP contribution in [0, 0.1) is 0 Å². The number of pyridine rings is 2. The summed E-state index contributed by atoms with van der Waals surface area (Å²) in [7, 11) is 0. The zero-order valence-corrected chi connectivity index (χ0v) is 14.2. The fourth-order valence-electron chi connectivity index (χ4n) is 2.82. The smallest absolute Gasteiger partial charge is 0.239 e. The predicted octanol–water partition coefficient (Wildman–Crippen LogP) is 3.46. The zero-order valence-electron chi connectivity index (χ0n) is 12.5. The molecule has 5 rings (SSSR count). The average molecular weight is 348 g/mol. The maximum atomic E-state index is 4.43. The van der Waals surface area contributed by atoms with Crippen LogP contribution in [0.4, 0.5) is 0 Å². The van der Waals surface area contributed by atoms with E-state index in [1.165, 1.54) is 0 Å². The number of aromatic nitrogens is 4. The van der Waals surface area contributed by atoms with Gasteiger partial charge in [0.15, 0.2) is 9.66 Å². The largest absolute Gasteiger partial charge is 0.248 e. The molecule has 0 spiro atoms. The normalized spacial score (nSPS) is 11.3. The van der Waals surface area contributed by atoms with Gasteiger partial charge in [0, 0.05) is 36.7 Å². The Labute approximate surface area is 145 Å². The number of fused-ring (bicyclic) bond motifs is 2. The Morgan fingerprint density at radius 2 is 1.21 bits per heavy atom. The summed E-state index contributed by atoms with van der Waals surface area (Å²) in [4.78, 5) is 10.9. The molecule has 0 bridgehead atoms. The van der Waals surface area contributed by atoms with Gasteiger partial charge in [-0.3, -0.25) is 0 Å². The fourth-order valence-corrected chi connectivity index (χ4v) is 4.52. The first-order valence-electron chi connectivity index (χ1n) is 7.49. The van der Waals surface area contributed by atoms with Crippen LogP contribution in [0.1, 0.15) is 0 Å². The standard InChI is InChI=1S/C18H12N4S2/c1-4-13(21-11-23-17-15(21)6-2-8-19-17)10-14(5-1)22-12-24-18-16(22)7-3-9-20-18/h1-12H/q+2. The second kappa shape index (κ2) is 5.43. The maximum absolute atomic E-state index is 4.43. The molecular formula is C18H12N4S2+2. The molecule has 1 aromatic carbocycles. The third-order valence-corrected chi connectivity index (χ3v) is 5.65. The van der Waals surface area contributed by atoms with Crippen LogP contribution in [0.25, 0.3) is 32.1 Å². The van der Waals surface area contributed by atoms with Crippen molar-refractivity contribution in [3.05, 3.63) is 71.9 Å². The molecule has 6 heteroatoms. The van der Waals surface area contributed by atoms with E-state index < -0.39 is 0 Å². The highest BCUT2D eigenvalue weighted by Crippen LogP contribution is 2.18. The number of thiazole rings is 2. The van der Waals surface area contributed by atoms with Gasteiger partial charge in [-0.05, 0) is 40.9 Å². The molecule has 114 valence electrons. The van der Waals surface area contributed by atoms with E-state index in [0.717, 1.165) is 32.1 Å². The van der Waals surface area contributed by atoms with E-state index in [-0.39, 0.29) is 0 Å². The van der Waals surface area contributed by atoms with E-state index in [1.807, 2.05) is 24.5 Å². The molecule has 0 saturated carbocycles. The lowest BCUT2D eigenvalue weighted by Gasteiger charge is -1.96. The zero-order chi connectivity index (χ0) is 15.9. The third-order valence-electron chi connectivity index (χ3n) is 3.95. The lowest BCUT2D eigenvalue weighted by atomic mass is 10.2. The van der Waals surface area contributed by atoms with Gasteiger partial charge in [0.1, 0.15) is 0 Å². The Kier molecular flexibility index (Phi) is 3.11. The molecule has 0 aliphatic carbocycles. The molecule has 0 aliphatic rings. The van der Waals surface area contributed by atoms with Crippen molar-refractivity contribution in [3.63, 3.8) is 0 Å². The number of nitrogens with zero attached hydrogens (tertiary/aromatic N) is 4. The lowest BCUT2D eigenvalue weighted by molar-refractivity contribution is -0.571. The van der Waals surface area contributed by atoms with Crippen molar-refractivity contribution in [3.8, 4) is 11.4 Å². The molecule has 4 aromatic heterocycles.